The van der Waals surface area contributed by atoms with Gasteiger partial charge in [-0.3, -0.25) is 0 Å². The van der Waals surface area contributed by atoms with E-state index in [0.717, 1.165) is 0 Å². The third kappa shape index (κ3) is 3.79. The second kappa shape index (κ2) is 7.77. The van der Waals surface area contributed by atoms with Crippen LogP contribution in [-0.4, -0.2) is 60.0 Å². The van der Waals surface area contributed by atoms with Crippen molar-refractivity contribution >= 4 is 12.0 Å². The number of carbonyl (C=O) groups is 1. The van der Waals surface area contributed by atoms with Gasteiger partial charge < -0.3 is 29.8 Å². The normalized spacial score (nSPS) is 26.4. The van der Waals surface area contributed by atoms with Crippen molar-refractivity contribution in [3.05, 3.63) is 43.3 Å². The maximum Gasteiger partial charge on any atom is 0.315 e. The lowest BCUT2D eigenvalue weighted by molar-refractivity contribution is 0.0682. The quantitative estimate of drug-likeness (QED) is 0.654. The Hall–Kier alpha value is -2.91. The van der Waals surface area contributed by atoms with Gasteiger partial charge in [-0.15, -0.1) is 6.58 Å². The van der Waals surface area contributed by atoms with Crippen molar-refractivity contribution in [3.63, 3.8) is 0 Å². The predicted molar refractivity (Wildman–Crippen MR) is 97.1 cm³/mol. The molecule has 142 valence electrons. The first kappa shape index (κ1) is 17.5. The Kier molecular flexibility index (Phi) is 5.03. The van der Waals surface area contributed by atoms with Crippen LogP contribution in [-0.2, 0) is 9.47 Å². The van der Waals surface area contributed by atoms with E-state index in [1.54, 1.807) is 24.6 Å². The van der Waals surface area contributed by atoms with Gasteiger partial charge in [0.05, 0.1) is 31.6 Å². The Balaban J connectivity index is 1.37. The fraction of sp³-hybridized carbons (Fsp3) is 0.389. The van der Waals surface area contributed by atoms with E-state index in [1.165, 1.54) is 0 Å². The molecule has 2 amide bonds. The number of anilines is 1. The summed E-state index contributed by atoms with van der Waals surface area (Å²) in [6.07, 6.45) is 4.49. The Morgan fingerprint density at radius 1 is 1.26 bits per heavy atom. The number of rotatable bonds is 6. The van der Waals surface area contributed by atoms with Crippen molar-refractivity contribution in [2.75, 3.05) is 25.1 Å². The molecule has 2 fully saturated rings. The molecule has 2 aliphatic rings. The summed E-state index contributed by atoms with van der Waals surface area (Å²) < 4.78 is 17.1. The summed E-state index contributed by atoms with van der Waals surface area (Å²) in [7, 11) is 0. The van der Waals surface area contributed by atoms with Crippen LogP contribution in [0.2, 0.25) is 0 Å². The monoisotopic (exact) mass is 371 g/mol. The number of hydrogen-bond acceptors (Lipinski definition) is 7. The van der Waals surface area contributed by atoms with Crippen LogP contribution < -0.4 is 16.0 Å². The molecule has 9 nitrogen and oxygen atoms in total. The lowest BCUT2D eigenvalue weighted by Gasteiger charge is -2.18. The molecular formula is C18H21N5O4. The van der Waals surface area contributed by atoms with E-state index in [1.807, 2.05) is 12.1 Å². The highest BCUT2D eigenvalue weighted by atomic mass is 16.6. The first-order valence-electron chi connectivity index (χ1n) is 8.76. The molecule has 2 aliphatic heterocycles. The van der Waals surface area contributed by atoms with E-state index < -0.39 is 0 Å². The minimum Gasteiger partial charge on any atom is -0.463 e. The van der Waals surface area contributed by atoms with Crippen LogP contribution in [0.1, 0.15) is 0 Å². The summed E-state index contributed by atoms with van der Waals surface area (Å²) in [5, 5.41) is 8.83. The summed E-state index contributed by atoms with van der Waals surface area (Å²) in [5.41, 5.74) is 0.693. The van der Waals surface area contributed by atoms with E-state index in [0.29, 0.717) is 37.2 Å². The van der Waals surface area contributed by atoms with Gasteiger partial charge in [-0.05, 0) is 18.2 Å². The maximum absolute atomic E-state index is 11.8. The van der Waals surface area contributed by atoms with Crippen LogP contribution in [0.4, 0.5) is 10.7 Å². The third-order valence-corrected chi connectivity index (χ3v) is 4.52. The maximum atomic E-state index is 11.8. The lowest BCUT2D eigenvalue weighted by atomic mass is 10.1. The molecule has 0 radical (unpaired) electrons. The number of nitrogens with one attached hydrogen (secondary N) is 3. The van der Waals surface area contributed by atoms with Crippen LogP contribution in [0.25, 0.3) is 11.5 Å². The Bertz CT molecular complexity index is 797. The van der Waals surface area contributed by atoms with Crippen molar-refractivity contribution in [2.24, 2.45) is 0 Å². The van der Waals surface area contributed by atoms with Crippen LogP contribution >= 0.6 is 0 Å². The molecular weight excluding hydrogens is 350 g/mol. The molecule has 2 saturated heterocycles. The number of nitrogens with zero attached hydrogens (tertiary/aromatic N) is 2. The van der Waals surface area contributed by atoms with Gasteiger partial charge in [0.2, 0.25) is 5.95 Å². The van der Waals surface area contributed by atoms with Gasteiger partial charge in [0.1, 0.15) is 17.9 Å². The van der Waals surface area contributed by atoms with Gasteiger partial charge in [-0.25, -0.2) is 14.8 Å². The molecule has 27 heavy (non-hydrogen) atoms. The number of furan rings is 1. The molecule has 0 saturated carbocycles. The molecule has 4 heterocycles. The summed E-state index contributed by atoms with van der Waals surface area (Å²) in [4.78, 5) is 20.6. The zero-order valence-electron chi connectivity index (χ0n) is 14.6. The molecule has 0 spiro atoms. The van der Waals surface area contributed by atoms with Crippen LogP contribution in [0.5, 0.6) is 0 Å². The molecule has 4 atom stereocenters. The zero-order valence-corrected chi connectivity index (χ0v) is 14.6. The van der Waals surface area contributed by atoms with Gasteiger partial charge in [0.25, 0.3) is 0 Å². The van der Waals surface area contributed by atoms with Crippen molar-refractivity contribution < 1.29 is 18.7 Å². The fourth-order valence-electron chi connectivity index (χ4n) is 3.29. The number of amides is 2. The van der Waals surface area contributed by atoms with Crippen molar-refractivity contribution in [1.29, 1.82) is 0 Å². The van der Waals surface area contributed by atoms with E-state index in [-0.39, 0.29) is 30.3 Å². The van der Waals surface area contributed by atoms with Crippen LogP contribution in [0.3, 0.4) is 0 Å². The topological polar surface area (TPSA) is 111 Å². The molecule has 0 unspecified atom stereocenters. The number of carbonyl (C=O) groups excluding carboxylic acids is 1. The highest BCUT2D eigenvalue weighted by Gasteiger charge is 2.48. The van der Waals surface area contributed by atoms with E-state index in [9.17, 15) is 4.79 Å². The minimum absolute atomic E-state index is 0.107. The average molecular weight is 371 g/mol. The minimum atomic E-state index is -0.265. The molecule has 2 aromatic rings. The van der Waals surface area contributed by atoms with Gasteiger partial charge in [0, 0.05) is 12.7 Å². The molecule has 3 N–H and O–H groups in total. The van der Waals surface area contributed by atoms with Gasteiger partial charge in [-0.2, -0.15) is 0 Å². The number of urea groups is 1. The Labute approximate surface area is 156 Å². The van der Waals surface area contributed by atoms with Gasteiger partial charge in [-0.1, -0.05) is 6.08 Å². The lowest BCUT2D eigenvalue weighted by Crippen LogP contribution is -2.48. The molecule has 0 aliphatic carbocycles. The molecule has 9 heteroatoms. The van der Waals surface area contributed by atoms with E-state index in [4.69, 9.17) is 13.9 Å². The standard InChI is InChI=1S/C18H21N5O4/c1-2-6-20-18(24)23-13-10-27-15-12(9-26-16(13)15)22-17-19-7-5-11(21-17)14-4-3-8-25-14/h2-5,7-8,12-13,15-16H,1,6,9-10H2,(H,19,21,22)(H2,20,23,24)/t12-,13+,15-,16+/m0/s1. The molecule has 2 aromatic heterocycles. The van der Waals surface area contributed by atoms with Crippen molar-refractivity contribution in [2.45, 2.75) is 24.3 Å². The van der Waals surface area contributed by atoms with Crippen molar-refractivity contribution in [1.82, 2.24) is 20.6 Å². The van der Waals surface area contributed by atoms with E-state index in [2.05, 4.69) is 32.5 Å². The molecule has 0 bridgehead atoms. The second-order valence-corrected chi connectivity index (χ2v) is 6.34. The predicted octanol–water partition coefficient (Wildman–Crippen LogP) is 1.17. The molecule has 4 rings (SSSR count). The summed E-state index contributed by atoms with van der Waals surface area (Å²) in [6.45, 7) is 4.81. The Morgan fingerprint density at radius 2 is 2.07 bits per heavy atom. The molecule has 0 aromatic carbocycles. The number of aromatic nitrogens is 2. The van der Waals surface area contributed by atoms with Crippen molar-refractivity contribution in [3.8, 4) is 11.5 Å². The largest absolute Gasteiger partial charge is 0.463 e. The average Bonchev–Trinajstić information content (AvgIpc) is 3.41. The van der Waals surface area contributed by atoms with Crippen LogP contribution in [0, 0.1) is 0 Å². The fourth-order valence-corrected chi connectivity index (χ4v) is 3.29. The number of fused-ring (bicyclic) bond motifs is 1. The summed E-state index contributed by atoms with van der Waals surface area (Å²) >= 11 is 0. The first-order valence-corrected chi connectivity index (χ1v) is 8.76. The SMILES string of the molecule is C=CCNC(=O)N[C@@H]1CO[C@@H]2[C@@H]1OC[C@@H]2Nc1nccc(-c2ccco2)n1. The third-order valence-electron chi connectivity index (χ3n) is 4.52. The number of hydrogen-bond donors (Lipinski definition) is 3. The first-order chi connectivity index (χ1) is 13.2. The Morgan fingerprint density at radius 3 is 2.85 bits per heavy atom. The second-order valence-electron chi connectivity index (χ2n) is 6.34. The number of ether oxygens (including phenoxy) is 2. The summed E-state index contributed by atoms with van der Waals surface area (Å²) in [5.74, 6) is 1.15. The zero-order chi connectivity index (χ0) is 18.6. The van der Waals surface area contributed by atoms with Gasteiger partial charge >= 0.3 is 6.03 Å². The van der Waals surface area contributed by atoms with E-state index >= 15 is 0 Å². The van der Waals surface area contributed by atoms with Gasteiger partial charge in [0.15, 0.2) is 5.76 Å². The highest BCUT2D eigenvalue weighted by Crippen LogP contribution is 2.29. The smallest absolute Gasteiger partial charge is 0.315 e. The summed E-state index contributed by atoms with van der Waals surface area (Å²) in [6, 6.07) is 4.86. The van der Waals surface area contributed by atoms with Crippen LogP contribution in [0.15, 0.2) is 47.7 Å². The highest BCUT2D eigenvalue weighted by molar-refractivity contribution is 5.74.